The molecular formula is C17H21FN2. The van der Waals surface area contributed by atoms with Crippen molar-refractivity contribution >= 4 is 5.69 Å². The van der Waals surface area contributed by atoms with Crippen LogP contribution in [0.4, 0.5) is 10.1 Å². The van der Waals surface area contributed by atoms with Gasteiger partial charge in [-0.25, -0.2) is 4.39 Å². The number of benzene rings is 2. The molecule has 0 saturated heterocycles. The van der Waals surface area contributed by atoms with E-state index in [2.05, 4.69) is 29.3 Å². The minimum absolute atomic E-state index is 0.187. The summed E-state index contributed by atoms with van der Waals surface area (Å²) in [4.78, 5) is 2.15. The molecule has 2 rings (SSSR count). The standard InChI is InChI=1S/C17H21FN2/c1-13(19-2)16-9-4-5-10-17(16)20(3)12-14-7-6-8-15(18)11-14/h4-11,13,19H,12H2,1-3H3. The zero-order chi connectivity index (χ0) is 14.5. The first-order valence-corrected chi connectivity index (χ1v) is 6.83. The minimum atomic E-state index is -0.187. The Morgan fingerprint density at radius 3 is 2.60 bits per heavy atom. The summed E-state index contributed by atoms with van der Waals surface area (Å²) in [7, 11) is 3.99. The lowest BCUT2D eigenvalue weighted by Gasteiger charge is -2.25. The Balaban J connectivity index is 2.23. The van der Waals surface area contributed by atoms with E-state index in [-0.39, 0.29) is 11.9 Å². The summed E-state index contributed by atoms with van der Waals surface area (Å²) >= 11 is 0. The van der Waals surface area contributed by atoms with Crippen molar-refractivity contribution in [2.24, 2.45) is 0 Å². The quantitative estimate of drug-likeness (QED) is 0.892. The first-order valence-electron chi connectivity index (χ1n) is 6.83. The molecule has 2 aromatic rings. The summed E-state index contributed by atoms with van der Waals surface area (Å²) < 4.78 is 13.3. The largest absolute Gasteiger partial charge is 0.370 e. The molecule has 1 atom stereocenters. The van der Waals surface area contributed by atoms with E-state index < -0.39 is 0 Å². The molecule has 0 radical (unpaired) electrons. The van der Waals surface area contributed by atoms with Gasteiger partial charge in [0.1, 0.15) is 5.82 Å². The second kappa shape index (κ2) is 6.53. The number of rotatable bonds is 5. The van der Waals surface area contributed by atoms with E-state index in [0.29, 0.717) is 6.54 Å². The summed E-state index contributed by atoms with van der Waals surface area (Å²) in [5.74, 6) is -0.187. The monoisotopic (exact) mass is 272 g/mol. The molecule has 3 heteroatoms. The second-order valence-electron chi connectivity index (χ2n) is 5.06. The van der Waals surface area contributed by atoms with E-state index in [1.54, 1.807) is 12.1 Å². The highest BCUT2D eigenvalue weighted by Crippen LogP contribution is 2.26. The average molecular weight is 272 g/mol. The number of para-hydroxylation sites is 1. The first-order chi connectivity index (χ1) is 9.61. The number of nitrogens with zero attached hydrogens (tertiary/aromatic N) is 1. The minimum Gasteiger partial charge on any atom is -0.370 e. The van der Waals surface area contributed by atoms with Crippen molar-refractivity contribution in [3.05, 3.63) is 65.5 Å². The van der Waals surface area contributed by atoms with E-state index in [0.717, 1.165) is 5.56 Å². The van der Waals surface area contributed by atoms with Crippen molar-refractivity contribution in [2.45, 2.75) is 19.5 Å². The maximum absolute atomic E-state index is 13.3. The van der Waals surface area contributed by atoms with Gasteiger partial charge in [0.05, 0.1) is 0 Å². The average Bonchev–Trinajstić information content (AvgIpc) is 2.46. The molecular weight excluding hydrogens is 251 g/mol. The zero-order valence-corrected chi connectivity index (χ0v) is 12.2. The van der Waals surface area contributed by atoms with Gasteiger partial charge in [0.25, 0.3) is 0 Å². The summed E-state index contributed by atoms with van der Waals surface area (Å²) in [6.45, 7) is 2.82. The van der Waals surface area contributed by atoms with Crippen LogP contribution in [0.1, 0.15) is 24.1 Å². The molecule has 1 unspecified atom stereocenters. The highest BCUT2D eigenvalue weighted by molar-refractivity contribution is 5.54. The van der Waals surface area contributed by atoms with Gasteiger partial charge in [0.15, 0.2) is 0 Å². The van der Waals surface area contributed by atoms with Crippen molar-refractivity contribution in [3.63, 3.8) is 0 Å². The van der Waals surface area contributed by atoms with Crippen LogP contribution >= 0.6 is 0 Å². The van der Waals surface area contributed by atoms with E-state index in [9.17, 15) is 4.39 Å². The molecule has 106 valence electrons. The van der Waals surface area contributed by atoms with Crippen LogP contribution in [0.15, 0.2) is 48.5 Å². The lowest BCUT2D eigenvalue weighted by Crippen LogP contribution is -2.21. The fraction of sp³-hybridized carbons (Fsp3) is 0.294. The Kier molecular flexibility index (Phi) is 4.74. The molecule has 0 bridgehead atoms. The van der Waals surface area contributed by atoms with Crippen LogP contribution < -0.4 is 10.2 Å². The van der Waals surface area contributed by atoms with Crippen LogP contribution in [0.3, 0.4) is 0 Å². The van der Waals surface area contributed by atoms with Gasteiger partial charge in [-0.1, -0.05) is 30.3 Å². The van der Waals surface area contributed by atoms with Crippen LogP contribution in [0, 0.1) is 5.82 Å². The molecule has 0 aromatic heterocycles. The fourth-order valence-electron chi connectivity index (χ4n) is 2.35. The Labute approximate surface area is 120 Å². The topological polar surface area (TPSA) is 15.3 Å². The van der Waals surface area contributed by atoms with Gasteiger partial charge in [-0.2, -0.15) is 0 Å². The van der Waals surface area contributed by atoms with Crippen molar-refractivity contribution in [3.8, 4) is 0 Å². The smallest absolute Gasteiger partial charge is 0.123 e. The molecule has 0 fully saturated rings. The molecule has 20 heavy (non-hydrogen) atoms. The summed E-state index contributed by atoms with van der Waals surface area (Å²) in [6, 6.07) is 15.3. The third-order valence-corrected chi connectivity index (χ3v) is 3.56. The Hall–Kier alpha value is -1.87. The Morgan fingerprint density at radius 2 is 1.90 bits per heavy atom. The van der Waals surface area contributed by atoms with Gasteiger partial charge in [-0.3, -0.25) is 0 Å². The normalized spacial score (nSPS) is 12.2. The van der Waals surface area contributed by atoms with E-state index in [1.807, 2.05) is 32.3 Å². The summed E-state index contributed by atoms with van der Waals surface area (Å²) in [5.41, 5.74) is 3.38. The number of nitrogens with one attached hydrogen (secondary N) is 1. The van der Waals surface area contributed by atoms with Gasteiger partial charge in [-0.15, -0.1) is 0 Å². The van der Waals surface area contributed by atoms with Crippen molar-refractivity contribution in [1.82, 2.24) is 5.32 Å². The number of anilines is 1. The molecule has 2 aromatic carbocycles. The lowest BCUT2D eigenvalue weighted by atomic mass is 10.0. The predicted molar refractivity (Wildman–Crippen MR) is 82.4 cm³/mol. The molecule has 0 aliphatic rings. The van der Waals surface area contributed by atoms with Gasteiger partial charge in [0, 0.05) is 25.3 Å². The molecule has 1 N–H and O–H groups in total. The Morgan fingerprint density at radius 1 is 1.15 bits per heavy atom. The van der Waals surface area contributed by atoms with Crippen LogP contribution in [0.2, 0.25) is 0 Å². The van der Waals surface area contributed by atoms with Crippen LogP contribution in [0.25, 0.3) is 0 Å². The SMILES string of the molecule is CNC(C)c1ccccc1N(C)Cc1cccc(F)c1. The molecule has 0 heterocycles. The summed E-state index contributed by atoms with van der Waals surface area (Å²) in [5, 5.41) is 3.26. The van der Waals surface area contributed by atoms with Crippen molar-refractivity contribution in [2.75, 3.05) is 19.0 Å². The predicted octanol–water partition coefficient (Wildman–Crippen LogP) is 3.74. The fourth-order valence-corrected chi connectivity index (χ4v) is 2.35. The molecule has 0 spiro atoms. The molecule has 0 aliphatic carbocycles. The third kappa shape index (κ3) is 3.36. The molecule has 0 aliphatic heterocycles. The van der Waals surface area contributed by atoms with Crippen LogP contribution in [0.5, 0.6) is 0 Å². The maximum atomic E-state index is 13.3. The third-order valence-electron chi connectivity index (χ3n) is 3.56. The second-order valence-corrected chi connectivity index (χ2v) is 5.06. The van der Waals surface area contributed by atoms with Crippen molar-refractivity contribution < 1.29 is 4.39 Å². The Bertz CT molecular complexity index is 568. The molecule has 0 amide bonds. The number of hydrogen-bond donors (Lipinski definition) is 1. The number of hydrogen-bond acceptors (Lipinski definition) is 2. The van der Waals surface area contributed by atoms with Gasteiger partial charge >= 0.3 is 0 Å². The van der Waals surface area contributed by atoms with E-state index in [4.69, 9.17) is 0 Å². The first kappa shape index (κ1) is 14.5. The van der Waals surface area contributed by atoms with Crippen molar-refractivity contribution in [1.29, 1.82) is 0 Å². The maximum Gasteiger partial charge on any atom is 0.123 e. The van der Waals surface area contributed by atoms with E-state index in [1.165, 1.54) is 17.3 Å². The van der Waals surface area contributed by atoms with Crippen LogP contribution in [-0.4, -0.2) is 14.1 Å². The number of halogens is 1. The van der Waals surface area contributed by atoms with E-state index >= 15 is 0 Å². The lowest BCUT2D eigenvalue weighted by molar-refractivity contribution is 0.624. The van der Waals surface area contributed by atoms with Gasteiger partial charge < -0.3 is 10.2 Å². The zero-order valence-electron chi connectivity index (χ0n) is 12.2. The molecule has 2 nitrogen and oxygen atoms in total. The molecule has 0 saturated carbocycles. The highest BCUT2D eigenvalue weighted by atomic mass is 19.1. The summed E-state index contributed by atoms with van der Waals surface area (Å²) in [6.07, 6.45) is 0. The highest BCUT2D eigenvalue weighted by Gasteiger charge is 2.12. The van der Waals surface area contributed by atoms with Gasteiger partial charge in [0.2, 0.25) is 0 Å². The van der Waals surface area contributed by atoms with Crippen LogP contribution in [-0.2, 0) is 6.54 Å². The van der Waals surface area contributed by atoms with Gasteiger partial charge in [-0.05, 0) is 43.3 Å².